The van der Waals surface area contributed by atoms with Crippen molar-refractivity contribution in [3.8, 4) is 0 Å². The molecule has 13 heavy (non-hydrogen) atoms. The van der Waals surface area contributed by atoms with E-state index in [9.17, 15) is 0 Å². The zero-order valence-electron chi connectivity index (χ0n) is 7.39. The average Bonchev–Trinajstić information content (AvgIpc) is 2.29. The molecule has 0 saturated carbocycles. The van der Waals surface area contributed by atoms with Crippen LogP contribution in [-0.2, 0) is 6.42 Å². The Labute approximate surface area is 86.6 Å². The minimum absolute atomic E-state index is 0.134. The van der Waals surface area contributed by atoms with Crippen LogP contribution in [-0.4, -0.2) is 13.1 Å². The molecule has 0 saturated heterocycles. The average molecular weight is 241 g/mol. The standard InChI is InChI=1S/C10H13BrN2/c11-8-2-1-7-3-4-13-6-10(12)9(7)5-8/h1-2,5,10,13H,3-4,6,12H2. The van der Waals surface area contributed by atoms with Crippen molar-refractivity contribution in [2.24, 2.45) is 5.73 Å². The Balaban J connectivity index is 2.43. The van der Waals surface area contributed by atoms with Gasteiger partial charge in [0.15, 0.2) is 0 Å². The van der Waals surface area contributed by atoms with Gasteiger partial charge in [0.05, 0.1) is 0 Å². The van der Waals surface area contributed by atoms with Gasteiger partial charge in [-0.2, -0.15) is 0 Å². The summed E-state index contributed by atoms with van der Waals surface area (Å²) in [5.41, 5.74) is 8.68. The zero-order valence-corrected chi connectivity index (χ0v) is 8.97. The van der Waals surface area contributed by atoms with Crippen molar-refractivity contribution in [1.82, 2.24) is 5.32 Å². The molecule has 3 N–H and O–H groups in total. The molecule has 0 fully saturated rings. The van der Waals surface area contributed by atoms with Gasteiger partial charge in [0.25, 0.3) is 0 Å². The van der Waals surface area contributed by atoms with E-state index in [1.165, 1.54) is 11.1 Å². The Kier molecular flexibility index (Phi) is 2.67. The molecule has 0 aliphatic carbocycles. The van der Waals surface area contributed by atoms with E-state index in [2.05, 4.69) is 39.4 Å². The molecular formula is C10H13BrN2. The third-order valence-corrected chi connectivity index (χ3v) is 2.94. The summed E-state index contributed by atoms with van der Waals surface area (Å²) in [6.45, 7) is 1.91. The third kappa shape index (κ3) is 1.93. The Morgan fingerprint density at radius 2 is 2.31 bits per heavy atom. The van der Waals surface area contributed by atoms with Crippen molar-refractivity contribution in [3.63, 3.8) is 0 Å². The normalized spacial score (nSPS) is 22.2. The Bertz CT molecular complexity index is 312. The molecule has 1 aliphatic rings. The summed E-state index contributed by atoms with van der Waals surface area (Å²) in [7, 11) is 0. The summed E-state index contributed by atoms with van der Waals surface area (Å²) >= 11 is 3.47. The molecule has 0 radical (unpaired) electrons. The van der Waals surface area contributed by atoms with Gasteiger partial charge in [-0.05, 0) is 36.2 Å². The van der Waals surface area contributed by atoms with Crippen molar-refractivity contribution in [2.45, 2.75) is 12.5 Å². The fourth-order valence-corrected chi connectivity index (χ4v) is 2.11. The predicted molar refractivity (Wildman–Crippen MR) is 57.6 cm³/mol. The number of nitrogens with one attached hydrogen (secondary N) is 1. The fourth-order valence-electron chi connectivity index (χ4n) is 1.73. The molecule has 1 aliphatic heterocycles. The highest BCUT2D eigenvalue weighted by atomic mass is 79.9. The minimum Gasteiger partial charge on any atom is -0.323 e. The number of nitrogens with two attached hydrogens (primary N) is 1. The maximum Gasteiger partial charge on any atom is 0.0424 e. The van der Waals surface area contributed by atoms with Gasteiger partial charge in [-0.25, -0.2) is 0 Å². The lowest BCUT2D eigenvalue weighted by Gasteiger charge is -2.12. The first-order chi connectivity index (χ1) is 6.27. The van der Waals surface area contributed by atoms with Crippen molar-refractivity contribution in [3.05, 3.63) is 33.8 Å². The summed E-state index contributed by atoms with van der Waals surface area (Å²) in [4.78, 5) is 0. The lowest BCUT2D eigenvalue weighted by atomic mass is 10.0. The predicted octanol–water partition coefficient (Wildman–Crippen LogP) is 1.59. The molecular weight excluding hydrogens is 228 g/mol. The number of halogens is 1. The summed E-state index contributed by atoms with van der Waals surface area (Å²) in [5.74, 6) is 0. The molecule has 0 bridgehead atoms. The molecule has 1 atom stereocenters. The molecule has 1 aromatic rings. The van der Waals surface area contributed by atoms with E-state index in [1.54, 1.807) is 0 Å². The molecule has 3 heteroatoms. The van der Waals surface area contributed by atoms with Gasteiger partial charge >= 0.3 is 0 Å². The summed E-state index contributed by atoms with van der Waals surface area (Å²) in [6, 6.07) is 6.51. The van der Waals surface area contributed by atoms with Gasteiger partial charge in [0.2, 0.25) is 0 Å². The van der Waals surface area contributed by atoms with E-state index >= 15 is 0 Å². The van der Waals surface area contributed by atoms with Crippen LogP contribution in [0.25, 0.3) is 0 Å². The Morgan fingerprint density at radius 3 is 3.15 bits per heavy atom. The van der Waals surface area contributed by atoms with E-state index in [4.69, 9.17) is 5.73 Å². The Morgan fingerprint density at radius 1 is 1.46 bits per heavy atom. The summed E-state index contributed by atoms with van der Waals surface area (Å²) < 4.78 is 1.11. The monoisotopic (exact) mass is 240 g/mol. The third-order valence-electron chi connectivity index (χ3n) is 2.44. The lowest BCUT2D eigenvalue weighted by Crippen LogP contribution is -2.25. The van der Waals surface area contributed by atoms with Crippen LogP contribution in [0, 0.1) is 0 Å². The SMILES string of the molecule is NC1CNCCc2ccc(Br)cc21. The molecule has 70 valence electrons. The van der Waals surface area contributed by atoms with E-state index < -0.39 is 0 Å². The van der Waals surface area contributed by atoms with Crippen LogP contribution in [0.2, 0.25) is 0 Å². The van der Waals surface area contributed by atoms with Crippen LogP contribution >= 0.6 is 15.9 Å². The molecule has 2 rings (SSSR count). The van der Waals surface area contributed by atoms with Crippen LogP contribution in [0.3, 0.4) is 0 Å². The minimum atomic E-state index is 0.134. The number of hydrogen-bond acceptors (Lipinski definition) is 2. The van der Waals surface area contributed by atoms with E-state index in [0.717, 1.165) is 24.0 Å². The first-order valence-corrected chi connectivity index (χ1v) is 5.31. The molecule has 0 amide bonds. The number of rotatable bonds is 0. The zero-order chi connectivity index (χ0) is 9.26. The first kappa shape index (κ1) is 9.19. The van der Waals surface area contributed by atoms with Crippen LogP contribution in [0.5, 0.6) is 0 Å². The van der Waals surface area contributed by atoms with Crippen LogP contribution in [0.1, 0.15) is 17.2 Å². The van der Waals surface area contributed by atoms with Crippen LogP contribution in [0.4, 0.5) is 0 Å². The largest absolute Gasteiger partial charge is 0.323 e. The fraction of sp³-hybridized carbons (Fsp3) is 0.400. The number of fused-ring (bicyclic) bond motifs is 1. The number of benzene rings is 1. The summed E-state index contributed by atoms with van der Waals surface area (Å²) in [5, 5.41) is 3.32. The van der Waals surface area contributed by atoms with Gasteiger partial charge in [-0.1, -0.05) is 22.0 Å². The summed E-state index contributed by atoms with van der Waals surface area (Å²) in [6.07, 6.45) is 1.08. The van der Waals surface area contributed by atoms with Gasteiger partial charge in [-0.3, -0.25) is 0 Å². The van der Waals surface area contributed by atoms with Crippen molar-refractivity contribution in [1.29, 1.82) is 0 Å². The van der Waals surface area contributed by atoms with Gasteiger partial charge in [-0.15, -0.1) is 0 Å². The van der Waals surface area contributed by atoms with Crippen molar-refractivity contribution >= 4 is 15.9 Å². The van der Waals surface area contributed by atoms with Gasteiger partial charge < -0.3 is 11.1 Å². The highest BCUT2D eigenvalue weighted by Gasteiger charge is 2.14. The van der Waals surface area contributed by atoms with E-state index in [-0.39, 0.29) is 6.04 Å². The molecule has 0 spiro atoms. The van der Waals surface area contributed by atoms with Crippen LogP contribution < -0.4 is 11.1 Å². The second-order valence-electron chi connectivity index (χ2n) is 3.40. The molecule has 0 aromatic heterocycles. The Hall–Kier alpha value is -0.380. The second kappa shape index (κ2) is 3.78. The highest BCUT2D eigenvalue weighted by Crippen LogP contribution is 2.23. The maximum absolute atomic E-state index is 6.03. The van der Waals surface area contributed by atoms with Gasteiger partial charge in [0, 0.05) is 17.1 Å². The molecule has 1 unspecified atom stereocenters. The lowest BCUT2D eigenvalue weighted by molar-refractivity contribution is 0.626. The first-order valence-electron chi connectivity index (χ1n) is 4.52. The van der Waals surface area contributed by atoms with E-state index in [0.29, 0.717) is 0 Å². The highest BCUT2D eigenvalue weighted by molar-refractivity contribution is 9.10. The van der Waals surface area contributed by atoms with Crippen LogP contribution in [0.15, 0.2) is 22.7 Å². The topological polar surface area (TPSA) is 38.0 Å². The second-order valence-corrected chi connectivity index (χ2v) is 4.32. The van der Waals surface area contributed by atoms with Crippen molar-refractivity contribution < 1.29 is 0 Å². The van der Waals surface area contributed by atoms with E-state index in [1.807, 2.05) is 0 Å². The smallest absolute Gasteiger partial charge is 0.0424 e. The quantitative estimate of drug-likeness (QED) is 0.724. The molecule has 2 nitrogen and oxygen atoms in total. The maximum atomic E-state index is 6.03. The number of hydrogen-bond donors (Lipinski definition) is 2. The van der Waals surface area contributed by atoms with Crippen molar-refractivity contribution in [2.75, 3.05) is 13.1 Å². The molecule has 1 aromatic carbocycles. The molecule has 1 heterocycles. The van der Waals surface area contributed by atoms with Gasteiger partial charge in [0.1, 0.15) is 0 Å².